The van der Waals surface area contributed by atoms with Gasteiger partial charge < -0.3 is 0 Å². The molecule has 0 aliphatic heterocycles. The van der Waals surface area contributed by atoms with Crippen molar-refractivity contribution in [3.05, 3.63) is 23.3 Å². The van der Waals surface area contributed by atoms with Gasteiger partial charge in [-0.15, -0.1) is 0 Å². The van der Waals surface area contributed by atoms with Crippen molar-refractivity contribution in [2.75, 3.05) is 0 Å². The molecule has 2 heteroatoms. The van der Waals surface area contributed by atoms with Crippen LogP contribution in [0.3, 0.4) is 0 Å². The van der Waals surface area contributed by atoms with Gasteiger partial charge >= 0.3 is 0 Å². The van der Waals surface area contributed by atoms with E-state index in [2.05, 4.69) is 6.07 Å². The fourth-order valence-corrected chi connectivity index (χ4v) is 1.13. The van der Waals surface area contributed by atoms with Gasteiger partial charge in [0.2, 0.25) is 0 Å². The van der Waals surface area contributed by atoms with Crippen LogP contribution < -0.4 is 0 Å². The lowest BCUT2D eigenvalue weighted by atomic mass is 9.90. The van der Waals surface area contributed by atoms with Gasteiger partial charge in [0.25, 0.3) is 0 Å². The molecule has 0 fully saturated rings. The Hall–Kier alpha value is -1.54. The summed E-state index contributed by atoms with van der Waals surface area (Å²) in [5.74, 6) is 0.208. The quantitative estimate of drug-likeness (QED) is 0.521. The lowest BCUT2D eigenvalue weighted by Crippen LogP contribution is -2.02. The molecule has 1 aliphatic rings. The van der Waals surface area contributed by atoms with E-state index in [9.17, 15) is 0 Å². The number of rotatable bonds is 0. The summed E-state index contributed by atoms with van der Waals surface area (Å²) in [5.41, 5.74) is 1.14. The molecule has 0 aromatic heterocycles. The molecular formula is C9H8N2. The van der Waals surface area contributed by atoms with Crippen molar-refractivity contribution in [1.29, 1.82) is 10.5 Å². The minimum Gasteiger partial charge on any atom is -0.193 e. The highest BCUT2D eigenvalue weighted by atomic mass is 14.3. The van der Waals surface area contributed by atoms with Gasteiger partial charge in [0.1, 0.15) is 6.07 Å². The van der Waals surface area contributed by atoms with Crippen molar-refractivity contribution < 1.29 is 0 Å². The van der Waals surface area contributed by atoms with Crippen LogP contribution in [0, 0.1) is 28.6 Å². The van der Waals surface area contributed by atoms with E-state index >= 15 is 0 Å². The predicted octanol–water partition coefficient (Wildman–Crippen LogP) is 1.93. The van der Waals surface area contributed by atoms with Crippen LogP contribution in [0.1, 0.15) is 13.3 Å². The maximum absolute atomic E-state index is 8.67. The summed E-state index contributed by atoms with van der Waals surface area (Å²) >= 11 is 0. The smallest absolute Gasteiger partial charge is 0.100 e. The molecule has 2 nitrogen and oxygen atoms in total. The van der Waals surface area contributed by atoms with Crippen molar-refractivity contribution >= 4 is 0 Å². The lowest BCUT2D eigenvalue weighted by Gasteiger charge is -2.11. The molecule has 0 aromatic carbocycles. The minimum absolute atomic E-state index is 0.208. The van der Waals surface area contributed by atoms with Crippen molar-refractivity contribution in [3.63, 3.8) is 0 Å². The summed E-state index contributed by atoms with van der Waals surface area (Å²) in [7, 11) is 0. The molecule has 11 heavy (non-hydrogen) atoms. The van der Waals surface area contributed by atoms with Gasteiger partial charge in [-0.25, -0.2) is 0 Å². The molecule has 0 amide bonds. The largest absolute Gasteiger partial charge is 0.193 e. The third-order valence-corrected chi connectivity index (χ3v) is 1.80. The summed E-state index contributed by atoms with van der Waals surface area (Å²) in [6.07, 6.45) is 4.52. The highest BCUT2D eigenvalue weighted by molar-refractivity contribution is 5.47. The normalized spacial score (nSPS) is 22.6. The number of allylic oxidation sites excluding steroid dienone is 4. The van der Waals surface area contributed by atoms with Crippen LogP contribution in [0.4, 0.5) is 0 Å². The SMILES string of the molecule is CC1CC=CC(C#N)=C1C#N. The summed E-state index contributed by atoms with van der Waals surface area (Å²) in [6, 6.07) is 4.07. The Labute approximate surface area is 66.1 Å². The van der Waals surface area contributed by atoms with Crippen LogP contribution in [0.25, 0.3) is 0 Å². The summed E-state index contributed by atoms with van der Waals surface area (Å²) in [4.78, 5) is 0. The van der Waals surface area contributed by atoms with E-state index in [0.717, 1.165) is 6.42 Å². The zero-order valence-corrected chi connectivity index (χ0v) is 6.33. The Bertz CT molecular complexity index is 297. The fourth-order valence-electron chi connectivity index (χ4n) is 1.13. The van der Waals surface area contributed by atoms with Gasteiger partial charge in [-0.2, -0.15) is 10.5 Å². The Morgan fingerprint density at radius 1 is 1.45 bits per heavy atom. The van der Waals surface area contributed by atoms with Gasteiger partial charge in [-0.05, 0) is 18.4 Å². The van der Waals surface area contributed by atoms with Gasteiger partial charge in [0.15, 0.2) is 0 Å². The van der Waals surface area contributed by atoms with E-state index in [4.69, 9.17) is 10.5 Å². The number of hydrogen-bond donors (Lipinski definition) is 0. The van der Waals surface area contributed by atoms with Crippen LogP contribution in [-0.2, 0) is 0 Å². The van der Waals surface area contributed by atoms with Crippen LogP contribution in [0.2, 0.25) is 0 Å². The fraction of sp³-hybridized carbons (Fsp3) is 0.333. The maximum atomic E-state index is 8.67. The first-order valence-corrected chi connectivity index (χ1v) is 3.50. The number of nitrogens with zero attached hydrogens (tertiary/aromatic N) is 2. The topological polar surface area (TPSA) is 47.6 Å². The molecule has 1 aliphatic carbocycles. The average Bonchev–Trinajstić information content (AvgIpc) is 2.04. The molecule has 0 aromatic rings. The average molecular weight is 144 g/mol. The first-order chi connectivity index (χ1) is 5.29. The Morgan fingerprint density at radius 2 is 2.18 bits per heavy atom. The minimum atomic E-state index is 0.208. The molecule has 0 bridgehead atoms. The van der Waals surface area contributed by atoms with Crippen LogP contribution in [0.15, 0.2) is 23.3 Å². The van der Waals surface area contributed by atoms with Crippen molar-refractivity contribution in [1.82, 2.24) is 0 Å². The third kappa shape index (κ3) is 1.30. The van der Waals surface area contributed by atoms with E-state index in [1.807, 2.05) is 19.1 Å². The molecule has 1 unspecified atom stereocenters. The maximum Gasteiger partial charge on any atom is 0.100 e. The first kappa shape index (κ1) is 7.57. The second-order valence-electron chi connectivity index (χ2n) is 2.59. The molecule has 0 saturated carbocycles. The Kier molecular flexibility index (Phi) is 2.09. The lowest BCUT2D eigenvalue weighted by molar-refractivity contribution is 0.702. The Balaban J connectivity index is 3.10. The molecular weight excluding hydrogens is 136 g/mol. The monoisotopic (exact) mass is 144 g/mol. The van der Waals surface area contributed by atoms with Crippen molar-refractivity contribution in [2.45, 2.75) is 13.3 Å². The van der Waals surface area contributed by atoms with E-state index < -0.39 is 0 Å². The molecule has 1 atom stereocenters. The summed E-state index contributed by atoms with van der Waals surface area (Å²) in [6.45, 7) is 1.96. The van der Waals surface area contributed by atoms with Crippen LogP contribution >= 0.6 is 0 Å². The van der Waals surface area contributed by atoms with Gasteiger partial charge in [0.05, 0.1) is 17.2 Å². The van der Waals surface area contributed by atoms with E-state index in [-0.39, 0.29) is 5.92 Å². The van der Waals surface area contributed by atoms with Gasteiger partial charge in [-0.1, -0.05) is 13.0 Å². The number of hydrogen-bond acceptors (Lipinski definition) is 2. The zero-order valence-electron chi connectivity index (χ0n) is 6.33. The van der Waals surface area contributed by atoms with E-state index in [0.29, 0.717) is 11.1 Å². The second-order valence-corrected chi connectivity index (χ2v) is 2.59. The van der Waals surface area contributed by atoms with Crippen LogP contribution in [0.5, 0.6) is 0 Å². The van der Waals surface area contributed by atoms with Crippen LogP contribution in [-0.4, -0.2) is 0 Å². The van der Waals surface area contributed by atoms with Gasteiger partial charge in [0, 0.05) is 0 Å². The Morgan fingerprint density at radius 3 is 2.64 bits per heavy atom. The van der Waals surface area contributed by atoms with Crippen molar-refractivity contribution in [2.24, 2.45) is 5.92 Å². The predicted molar refractivity (Wildman–Crippen MR) is 41.2 cm³/mol. The molecule has 0 N–H and O–H groups in total. The second kappa shape index (κ2) is 3.03. The first-order valence-electron chi connectivity index (χ1n) is 3.50. The zero-order chi connectivity index (χ0) is 8.27. The number of nitriles is 2. The molecule has 54 valence electrons. The van der Waals surface area contributed by atoms with Crippen molar-refractivity contribution in [3.8, 4) is 12.1 Å². The van der Waals surface area contributed by atoms with E-state index in [1.165, 1.54) is 0 Å². The summed E-state index contributed by atoms with van der Waals surface area (Å²) in [5, 5.41) is 17.3. The highest BCUT2D eigenvalue weighted by Crippen LogP contribution is 2.23. The summed E-state index contributed by atoms with van der Waals surface area (Å²) < 4.78 is 0. The third-order valence-electron chi connectivity index (χ3n) is 1.80. The highest BCUT2D eigenvalue weighted by Gasteiger charge is 2.14. The van der Waals surface area contributed by atoms with Gasteiger partial charge in [-0.3, -0.25) is 0 Å². The standard InChI is InChI=1S/C9H8N2/c1-7-3-2-4-8(5-10)9(7)6-11/h2,4,7H,3H2,1H3. The molecule has 0 radical (unpaired) electrons. The molecule has 1 rings (SSSR count). The molecule has 0 spiro atoms. The molecule has 0 saturated heterocycles. The van der Waals surface area contributed by atoms with E-state index in [1.54, 1.807) is 6.08 Å². The molecule has 0 heterocycles.